The molecule has 3 rings (SSSR count). The van der Waals surface area contributed by atoms with Crippen molar-refractivity contribution < 1.29 is 0 Å². The highest BCUT2D eigenvalue weighted by Gasteiger charge is 2.16. The zero-order valence-electron chi connectivity index (χ0n) is 12.9. The van der Waals surface area contributed by atoms with Crippen molar-refractivity contribution in [1.29, 1.82) is 0 Å². The number of hydrogen-bond donors (Lipinski definition) is 0. The van der Waals surface area contributed by atoms with Gasteiger partial charge in [-0.15, -0.1) is 0 Å². The fourth-order valence-corrected chi connectivity index (χ4v) is 2.85. The minimum absolute atomic E-state index is 0.403. The number of anilines is 1. The number of benzene rings is 1. The van der Waals surface area contributed by atoms with E-state index in [1.807, 2.05) is 6.20 Å². The predicted octanol–water partition coefficient (Wildman–Crippen LogP) is 2.99. The van der Waals surface area contributed by atoms with Crippen LogP contribution < -0.4 is 4.90 Å². The third-order valence-electron chi connectivity index (χ3n) is 4.40. The van der Waals surface area contributed by atoms with Crippen LogP contribution in [0.15, 0.2) is 48.7 Å². The van der Waals surface area contributed by atoms with Gasteiger partial charge in [0, 0.05) is 38.3 Å². The molecule has 1 aliphatic rings. The number of hydrogen-bond acceptors (Lipinski definition) is 3. The van der Waals surface area contributed by atoms with Crippen molar-refractivity contribution in [3.8, 4) is 0 Å². The summed E-state index contributed by atoms with van der Waals surface area (Å²) in [5.41, 5.74) is 2.69. The topological polar surface area (TPSA) is 19.4 Å². The smallest absolute Gasteiger partial charge is 0.128 e. The molecular formula is C18H23N3. The summed E-state index contributed by atoms with van der Waals surface area (Å²) < 4.78 is 0. The molecule has 1 aromatic heterocycles. The summed E-state index contributed by atoms with van der Waals surface area (Å²) in [5, 5.41) is 0. The van der Waals surface area contributed by atoms with E-state index in [4.69, 9.17) is 0 Å². The zero-order chi connectivity index (χ0) is 14.7. The Morgan fingerprint density at radius 1 is 0.952 bits per heavy atom. The molecule has 21 heavy (non-hydrogen) atoms. The molecule has 3 heteroatoms. The summed E-state index contributed by atoms with van der Waals surface area (Å²) in [7, 11) is 2.18. The molecule has 3 nitrogen and oxygen atoms in total. The monoisotopic (exact) mass is 281 g/mol. The first-order chi connectivity index (χ1) is 10.2. The molecule has 1 aromatic carbocycles. The molecule has 0 aliphatic carbocycles. The Morgan fingerprint density at radius 3 is 2.38 bits per heavy atom. The highest BCUT2D eigenvalue weighted by molar-refractivity contribution is 5.44. The fraction of sp³-hybridized carbons (Fsp3) is 0.389. The van der Waals surface area contributed by atoms with E-state index >= 15 is 0 Å². The zero-order valence-corrected chi connectivity index (χ0v) is 12.9. The van der Waals surface area contributed by atoms with Gasteiger partial charge in [0.25, 0.3) is 0 Å². The van der Waals surface area contributed by atoms with Gasteiger partial charge in [0.1, 0.15) is 5.82 Å². The van der Waals surface area contributed by atoms with Crippen LogP contribution in [-0.4, -0.2) is 43.1 Å². The van der Waals surface area contributed by atoms with Crippen molar-refractivity contribution in [3.05, 3.63) is 59.8 Å². The molecule has 0 radical (unpaired) electrons. The number of aromatic nitrogens is 1. The van der Waals surface area contributed by atoms with E-state index in [0.29, 0.717) is 5.92 Å². The lowest BCUT2D eigenvalue weighted by Gasteiger charge is -2.33. The summed E-state index contributed by atoms with van der Waals surface area (Å²) in [5.74, 6) is 1.52. The summed E-state index contributed by atoms with van der Waals surface area (Å²) in [6, 6.07) is 15.1. The molecule has 0 spiro atoms. The standard InChI is InChI=1S/C18H23N3/c1-15(16-6-4-3-5-7-16)17-8-9-19-18(14-17)21-12-10-20(2)11-13-21/h3-9,14-15H,10-13H2,1-2H3/t15-/m0/s1. The van der Waals surface area contributed by atoms with Crippen molar-refractivity contribution in [1.82, 2.24) is 9.88 Å². The minimum atomic E-state index is 0.403. The highest BCUT2D eigenvalue weighted by Crippen LogP contribution is 2.26. The lowest BCUT2D eigenvalue weighted by atomic mass is 9.94. The molecule has 1 aliphatic heterocycles. The Kier molecular flexibility index (Phi) is 4.20. The van der Waals surface area contributed by atoms with E-state index in [-0.39, 0.29) is 0 Å². The van der Waals surface area contributed by atoms with Crippen molar-refractivity contribution in [3.63, 3.8) is 0 Å². The third kappa shape index (κ3) is 3.24. The van der Waals surface area contributed by atoms with Crippen molar-refractivity contribution >= 4 is 5.82 Å². The van der Waals surface area contributed by atoms with Crippen LogP contribution in [0, 0.1) is 0 Å². The summed E-state index contributed by atoms with van der Waals surface area (Å²) >= 11 is 0. The second-order valence-electron chi connectivity index (χ2n) is 5.87. The van der Waals surface area contributed by atoms with Crippen LogP contribution in [0.5, 0.6) is 0 Å². The molecule has 0 bridgehead atoms. The second-order valence-corrected chi connectivity index (χ2v) is 5.87. The van der Waals surface area contributed by atoms with Gasteiger partial charge in [-0.05, 0) is 30.3 Å². The maximum atomic E-state index is 4.57. The van der Waals surface area contributed by atoms with Crippen molar-refractivity contribution in [2.24, 2.45) is 0 Å². The summed E-state index contributed by atoms with van der Waals surface area (Å²) in [4.78, 5) is 9.33. The maximum absolute atomic E-state index is 4.57. The SMILES string of the molecule is C[C@@H](c1ccccc1)c1ccnc(N2CCN(C)CC2)c1. The van der Waals surface area contributed by atoms with E-state index in [9.17, 15) is 0 Å². The van der Waals surface area contributed by atoms with E-state index in [0.717, 1.165) is 32.0 Å². The van der Waals surface area contributed by atoms with Gasteiger partial charge in [0.2, 0.25) is 0 Å². The van der Waals surface area contributed by atoms with Crippen LogP contribution in [0.4, 0.5) is 5.82 Å². The van der Waals surface area contributed by atoms with Gasteiger partial charge >= 0.3 is 0 Å². The highest BCUT2D eigenvalue weighted by atomic mass is 15.3. The van der Waals surface area contributed by atoms with Crippen LogP contribution in [0.1, 0.15) is 24.0 Å². The Morgan fingerprint density at radius 2 is 1.67 bits per heavy atom. The Balaban J connectivity index is 1.80. The number of pyridine rings is 1. The molecule has 0 saturated carbocycles. The maximum Gasteiger partial charge on any atom is 0.128 e. The van der Waals surface area contributed by atoms with Gasteiger partial charge in [0.15, 0.2) is 0 Å². The molecule has 1 saturated heterocycles. The number of rotatable bonds is 3. The Bertz CT molecular complexity index is 574. The first kappa shape index (κ1) is 14.1. The average molecular weight is 281 g/mol. The van der Waals surface area contributed by atoms with Crippen LogP contribution in [-0.2, 0) is 0 Å². The van der Waals surface area contributed by atoms with Crippen LogP contribution in [0.3, 0.4) is 0 Å². The van der Waals surface area contributed by atoms with Crippen molar-refractivity contribution in [2.45, 2.75) is 12.8 Å². The summed E-state index contributed by atoms with van der Waals surface area (Å²) in [6.45, 7) is 6.61. The largest absolute Gasteiger partial charge is 0.354 e. The number of nitrogens with zero attached hydrogens (tertiary/aromatic N) is 3. The van der Waals surface area contributed by atoms with Crippen LogP contribution in [0.2, 0.25) is 0 Å². The number of likely N-dealkylation sites (N-methyl/N-ethyl adjacent to an activating group) is 1. The van der Waals surface area contributed by atoms with Crippen LogP contribution in [0.25, 0.3) is 0 Å². The Labute approximate surface area is 127 Å². The van der Waals surface area contributed by atoms with E-state index in [1.54, 1.807) is 0 Å². The second kappa shape index (κ2) is 6.27. The molecule has 0 unspecified atom stereocenters. The quantitative estimate of drug-likeness (QED) is 0.862. The molecule has 2 heterocycles. The normalized spacial score (nSPS) is 17.7. The van der Waals surface area contributed by atoms with Crippen molar-refractivity contribution in [2.75, 3.05) is 38.1 Å². The summed E-state index contributed by atoms with van der Waals surface area (Å²) in [6.07, 6.45) is 1.95. The fourth-order valence-electron chi connectivity index (χ4n) is 2.85. The van der Waals surface area contributed by atoms with Crippen LogP contribution >= 0.6 is 0 Å². The first-order valence-corrected chi connectivity index (χ1v) is 7.68. The average Bonchev–Trinajstić information content (AvgIpc) is 2.56. The molecule has 110 valence electrons. The minimum Gasteiger partial charge on any atom is -0.354 e. The van der Waals surface area contributed by atoms with Gasteiger partial charge in [0.05, 0.1) is 0 Å². The molecule has 1 atom stereocenters. The molecule has 0 N–H and O–H groups in total. The molecule has 2 aromatic rings. The van der Waals surface area contributed by atoms with Gasteiger partial charge in [-0.3, -0.25) is 0 Å². The molecule has 0 amide bonds. The predicted molar refractivity (Wildman–Crippen MR) is 87.9 cm³/mol. The van der Waals surface area contributed by atoms with E-state index in [2.05, 4.69) is 71.2 Å². The molecular weight excluding hydrogens is 258 g/mol. The lowest BCUT2D eigenvalue weighted by molar-refractivity contribution is 0.312. The third-order valence-corrected chi connectivity index (χ3v) is 4.40. The van der Waals surface area contributed by atoms with E-state index < -0.39 is 0 Å². The first-order valence-electron chi connectivity index (χ1n) is 7.68. The van der Waals surface area contributed by atoms with Gasteiger partial charge in [-0.1, -0.05) is 37.3 Å². The Hall–Kier alpha value is -1.87. The molecule has 1 fully saturated rings. The van der Waals surface area contributed by atoms with Gasteiger partial charge in [-0.2, -0.15) is 0 Å². The number of piperazine rings is 1. The van der Waals surface area contributed by atoms with Gasteiger partial charge in [-0.25, -0.2) is 4.98 Å². The van der Waals surface area contributed by atoms with E-state index in [1.165, 1.54) is 11.1 Å². The lowest BCUT2D eigenvalue weighted by Crippen LogP contribution is -2.44. The van der Waals surface area contributed by atoms with Gasteiger partial charge < -0.3 is 9.80 Å².